The highest BCUT2D eigenvalue weighted by atomic mass is 16.1. The van der Waals surface area contributed by atoms with Gasteiger partial charge in [0.15, 0.2) is 0 Å². The Morgan fingerprint density at radius 1 is 1.35 bits per heavy atom. The fraction of sp³-hybridized carbons (Fsp3) is 0.625. The van der Waals surface area contributed by atoms with E-state index in [4.69, 9.17) is 0 Å². The van der Waals surface area contributed by atoms with Crippen molar-refractivity contribution in [1.29, 1.82) is 0 Å². The fourth-order valence-corrected chi connectivity index (χ4v) is 3.93. The van der Waals surface area contributed by atoms with Crippen LogP contribution in [0.25, 0.3) is 0 Å². The van der Waals surface area contributed by atoms with E-state index in [0.717, 1.165) is 17.5 Å². The molecule has 0 saturated heterocycles. The van der Waals surface area contributed by atoms with Crippen molar-refractivity contribution in [1.82, 2.24) is 4.57 Å². The van der Waals surface area contributed by atoms with Crippen LogP contribution in [0.4, 0.5) is 5.69 Å². The molecule has 1 N–H and O–H groups in total. The van der Waals surface area contributed by atoms with Gasteiger partial charge in [-0.2, -0.15) is 0 Å². The van der Waals surface area contributed by atoms with Crippen LogP contribution in [0.5, 0.6) is 0 Å². The number of amides is 1. The predicted octanol–water partition coefficient (Wildman–Crippen LogP) is 2.63. The molecule has 0 unspecified atom stereocenters. The average molecular weight is 274 g/mol. The fourth-order valence-electron chi connectivity index (χ4n) is 3.93. The topological polar surface area (TPSA) is 51.1 Å². The Morgan fingerprint density at radius 3 is 2.85 bits per heavy atom. The summed E-state index contributed by atoms with van der Waals surface area (Å²) in [6.45, 7) is 2.54. The van der Waals surface area contributed by atoms with Gasteiger partial charge in [0.2, 0.25) is 5.91 Å². The molecule has 1 aromatic rings. The first-order valence-electron chi connectivity index (χ1n) is 7.66. The van der Waals surface area contributed by atoms with Crippen molar-refractivity contribution in [3.63, 3.8) is 0 Å². The second-order valence-electron chi connectivity index (χ2n) is 6.23. The van der Waals surface area contributed by atoms with Crippen LogP contribution in [0.15, 0.2) is 23.1 Å². The summed E-state index contributed by atoms with van der Waals surface area (Å²) < 4.78 is 1.60. The normalized spacial score (nSPS) is 27.8. The van der Waals surface area contributed by atoms with Crippen molar-refractivity contribution in [3.8, 4) is 0 Å². The molecule has 0 aromatic carbocycles. The molecule has 2 aliphatic carbocycles. The van der Waals surface area contributed by atoms with Gasteiger partial charge in [0, 0.05) is 25.2 Å². The molecule has 3 atom stereocenters. The molecule has 2 fully saturated rings. The zero-order valence-electron chi connectivity index (χ0n) is 12.0. The zero-order valence-corrected chi connectivity index (χ0v) is 12.0. The summed E-state index contributed by atoms with van der Waals surface area (Å²) >= 11 is 0. The van der Waals surface area contributed by atoms with Crippen molar-refractivity contribution in [2.45, 2.75) is 45.6 Å². The van der Waals surface area contributed by atoms with Gasteiger partial charge in [-0.25, -0.2) is 0 Å². The third-order valence-electron chi connectivity index (χ3n) is 4.94. The van der Waals surface area contributed by atoms with E-state index in [0.29, 0.717) is 18.9 Å². The lowest BCUT2D eigenvalue weighted by atomic mass is 9.86. The first-order valence-corrected chi connectivity index (χ1v) is 7.66. The van der Waals surface area contributed by atoms with Crippen molar-refractivity contribution in [2.75, 3.05) is 5.32 Å². The number of carbonyl (C=O) groups is 1. The van der Waals surface area contributed by atoms with Gasteiger partial charge in [-0.1, -0.05) is 6.42 Å². The largest absolute Gasteiger partial charge is 0.325 e. The third kappa shape index (κ3) is 2.65. The molecule has 4 nitrogen and oxygen atoms in total. The van der Waals surface area contributed by atoms with Gasteiger partial charge in [0.1, 0.15) is 0 Å². The molecule has 0 spiro atoms. The summed E-state index contributed by atoms with van der Waals surface area (Å²) in [4.78, 5) is 23.6. The molecule has 1 heterocycles. The molecule has 3 rings (SSSR count). The molecular formula is C16H22N2O2. The molecule has 2 saturated carbocycles. The van der Waals surface area contributed by atoms with Gasteiger partial charge >= 0.3 is 0 Å². The number of pyridine rings is 1. The molecule has 4 heteroatoms. The number of aromatic nitrogens is 1. The highest BCUT2D eigenvalue weighted by Crippen LogP contribution is 2.49. The Morgan fingerprint density at radius 2 is 2.20 bits per heavy atom. The summed E-state index contributed by atoms with van der Waals surface area (Å²) in [6.07, 6.45) is 7.59. The lowest BCUT2D eigenvalue weighted by Crippen LogP contribution is -2.22. The number of rotatable bonds is 4. The molecule has 2 aliphatic rings. The van der Waals surface area contributed by atoms with E-state index >= 15 is 0 Å². The Labute approximate surface area is 119 Å². The Kier molecular flexibility index (Phi) is 3.64. The lowest BCUT2D eigenvalue weighted by Gasteiger charge is -2.20. The maximum atomic E-state index is 12.1. The van der Waals surface area contributed by atoms with Crippen LogP contribution in [0, 0.1) is 17.8 Å². The van der Waals surface area contributed by atoms with Crippen LogP contribution < -0.4 is 10.9 Å². The number of carbonyl (C=O) groups excluding carboxylic acids is 1. The van der Waals surface area contributed by atoms with Crippen LogP contribution in [0.1, 0.15) is 39.0 Å². The van der Waals surface area contributed by atoms with Gasteiger partial charge in [-0.05, 0) is 50.0 Å². The van der Waals surface area contributed by atoms with Gasteiger partial charge in [0.05, 0.1) is 5.69 Å². The molecule has 20 heavy (non-hydrogen) atoms. The van der Waals surface area contributed by atoms with E-state index in [1.807, 2.05) is 6.92 Å². The zero-order chi connectivity index (χ0) is 14.1. The summed E-state index contributed by atoms with van der Waals surface area (Å²) in [5.74, 6) is 2.31. The van der Waals surface area contributed by atoms with Crippen LogP contribution >= 0.6 is 0 Å². The SMILES string of the molecule is CCn1cc(NC(=O)C[C@@H]2C[C@H]3CC[C@H]2C3)ccc1=O. The van der Waals surface area contributed by atoms with E-state index in [2.05, 4.69) is 5.32 Å². The monoisotopic (exact) mass is 274 g/mol. The molecule has 0 radical (unpaired) electrons. The average Bonchev–Trinajstić information content (AvgIpc) is 3.03. The first kappa shape index (κ1) is 13.4. The standard InChI is InChI=1S/C16H22N2O2/c1-2-18-10-14(5-6-16(18)20)17-15(19)9-13-8-11-3-4-12(13)7-11/h5-6,10-13H,2-4,7-9H2,1H3,(H,17,19)/t11-,12-,13-/m0/s1. The van der Waals surface area contributed by atoms with E-state index in [1.54, 1.807) is 16.8 Å². The number of fused-ring (bicyclic) bond motifs is 2. The summed E-state index contributed by atoms with van der Waals surface area (Å²) in [5, 5.41) is 2.93. The van der Waals surface area contributed by atoms with Gasteiger partial charge in [0.25, 0.3) is 5.56 Å². The van der Waals surface area contributed by atoms with Crippen molar-refractivity contribution < 1.29 is 4.79 Å². The minimum Gasteiger partial charge on any atom is -0.325 e. The van der Waals surface area contributed by atoms with Crippen LogP contribution in [0.3, 0.4) is 0 Å². The van der Waals surface area contributed by atoms with Crippen LogP contribution in [0.2, 0.25) is 0 Å². The highest BCUT2D eigenvalue weighted by molar-refractivity contribution is 5.90. The third-order valence-corrected chi connectivity index (χ3v) is 4.94. The molecule has 0 aliphatic heterocycles. The minimum atomic E-state index is -0.0291. The van der Waals surface area contributed by atoms with Gasteiger partial charge in [-0.15, -0.1) is 0 Å². The van der Waals surface area contributed by atoms with E-state index < -0.39 is 0 Å². The first-order chi connectivity index (χ1) is 9.65. The maximum Gasteiger partial charge on any atom is 0.250 e. The number of nitrogens with one attached hydrogen (secondary N) is 1. The smallest absolute Gasteiger partial charge is 0.250 e. The van der Waals surface area contributed by atoms with E-state index in [1.165, 1.54) is 31.7 Å². The Bertz CT molecular complexity index is 564. The molecule has 2 bridgehead atoms. The van der Waals surface area contributed by atoms with Crippen LogP contribution in [-0.2, 0) is 11.3 Å². The lowest BCUT2D eigenvalue weighted by molar-refractivity contribution is -0.117. The number of anilines is 1. The summed E-state index contributed by atoms with van der Waals surface area (Å²) in [5.41, 5.74) is 0.693. The minimum absolute atomic E-state index is 0.0291. The molecule has 108 valence electrons. The van der Waals surface area contributed by atoms with Crippen LogP contribution in [-0.4, -0.2) is 10.5 Å². The summed E-state index contributed by atoms with van der Waals surface area (Å²) in [6, 6.07) is 3.20. The number of hydrogen-bond donors (Lipinski definition) is 1. The second kappa shape index (κ2) is 5.43. The number of hydrogen-bond acceptors (Lipinski definition) is 2. The van der Waals surface area contributed by atoms with Crippen molar-refractivity contribution in [3.05, 3.63) is 28.7 Å². The quantitative estimate of drug-likeness (QED) is 0.917. The van der Waals surface area contributed by atoms with E-state index in [9.17, 15) is 9.59 Å². The Balaban J connectivity index is 1.60. The molecule has 1 amide bonds. The van der Waals surface area contributed by atoms with Gasteiger partial charge in [-0.3, -0.25) is 9.59 Å². The molecule has 1 aromatic heterocycles. The van der Waals surface area contributed by atoms with E-state index in [-0.39, 0.29) is 11.5 Å². The highest BCUT2D eigenvalue weighted by Gasteiger charge is 2.40. The Hall–Kier alpha value is -1.58. The number of aryl methyl sites for hydroxylation is 1. The van der Waals surface area contributed by atoms with Crippen molar-refractivity contribution >= 4 is 11.6 Å². The number of nitrogens with zero attached hydrogens (tertiary/aromatic N) is 1. The predicted molar refractivity (Wildman–Crippen MR) is 78.6 cm³/mol. The van der Waals surface area contributed by atoms with Gasteiger partial charge < -0.3 is 9.88 Å². The molecular weight excluding hydrogens is 252 g/mol. The second-order valence-corrected chi connectivity index (χ2v) is 6.23. The maximum absolute atomic E-state index is 12.1. The van der Waals surface area contributed by atoms with Crippen molar-refractivity contribution in [2.24, 2.45) is 17.8 Å². The summed E-state index contributed by atoms with van der Waals surface area (Å²) in [7, 11) is 0.